The number of rotatable bonds is 3. The van der Waals surface area contributed by atoms with Crippen LogP contribution in [-0.4, -0.2) is 33.4 Å². The lowest BCUT2D eigenvalue weighted by atomic mass is 9.98. The normalized spacial score (nSPS) is 20.8. The zero-order valence-electron chi connectivity index (χ0n) is 9.38. The summed E-state index contributed by atoms with van der Waals surface area (Å²) in [5, 5.41) is 0. The average Bonchev–Trinajstić information content (AvgIpc) is 2.82. The van der Waals surface area contributed by atoms with Gasteiger partial charge in [0.1, 0.15) is 6.54 Å². The maximum Gasteiger partial charge on any atom is 0.242 e. The summed E-state index contributed by atoms with van der Waals surface area (Å²) in [6, 6.07) is 0. The van der Waals surface area contributed by atoms with Gasteiger partial charge in [-0.05, 0) is 18.8 Å². The molecule has 1 atom stereocenters. The zero-order valence-corrected chi connectivity index (χ0v) is 9.38. The number of hydrogen-bond acceptors (Lipinski definition) is 2. The Morgan fingerprint density at radius 3 is 3.19 bits per heavy atom. The highest BCUT2D eigenvalue weighted by atomic mass is 16.2. The standard InChI is InChI=1S/C12H17N3O/c1-2-11-4-3-6-15(8-11)12(16)9-14-7-5-13-10-14/h2,5,7,10-11H,1,3-4,6,8-9H2. The monoisotopic (exact) mass is 219 g/mol. The van der Waals surface area contributed by atoms with E-state index in [0.29, 0.717) is 12.5 Å². The minimum atomic E-state index is 0.171. The number of nitrogens with zero attached hydrogens (tertiary/aromatic N) is 3. The Hall–Kier alpha value is -1.58. The lowest BCUT2D eigenvalue weighted by molar-refractivity contribution is -0.133. The Balaban J connectivity index is 1.91. The van der Waals surface area contributed by atoms with Crippen LogP contribution >= 0.6 is 0 Å². The van der Waals surface area contributed by atoms with E-state index >= 15 is 0 Å². The molecule has 1 aromatic rings. The van der Waals surface area contributed by atoms with Gasteiger partial charge < -0.3 is 9.47 Å². The third kappa shape index (κ3) is 2.51. The molecule has 1 fully saturated rings. The second-order valence-electron chi connectivity index (χ2n) is 4.21. The summed E-state index contributed by atoms with van der Waals surface area (Å²) >= 11 is 0. The number of hydrogen-bond donors (Lipinski definition) is 0. The molecule has 1 aliphatic rings. The Bertz CT molecular complexity index is 358. The summed E-state index contributed by atoms with van der Waals surface area (Å²) in [6.07, 6.45) is 9.36. The van der Waals surface area contributed by atoms with Crippen molar-refractivity contribution in [1.82, 2.24) is 14.5 Å². The van der Waals surface area contributed by atoms with Crippen molar-refractivity contribution in [2.75, 3.05) is 13.1 Å². The van der Waals surface area contributed by atoms with Gasteiger partial charge in [0.05, 0.1) is 6.33 Å². The molecule has 0 saturated carbocycles. The summed E-state index contributed by atoms with van der Waals surface area (Å²) in [7, 11) is 0. The van der Waals surface area contributed by atoms with Gasteiger partial charge in [-0.25, -0.2) is 4.98 Å². The van der Waals surface area contributed by atoms with Gasteiger partial charge in [0, 0.05) is 25.5 Å². The van der Waals surface area contributed by atoms with Crippen molar-refractivity contribution in [2.45, 2.75) is 19.4 Å². The van der Waals surface area contributed by atoms with E-state index in [1.165, 1.54) is 0 Å². The van der Waals surface area contributed by atoms with E-state index in [9.17, 15) is 4.79 Å². The Kier molecular flexibility index (Phi) is 3.39. The maximum absolute atomic E-state index is 12.0. The first-order valence-electron chi connectivity index (χ1n) is 5.65. The van der Waals surface area contributed by atoms with Crippen molar-refractivity contribution in [2.24, 2.45) is 5.92 Å². The van der Waals surface area contributed by atoms with Crippen molar-refractivity contribution in [3.8, 4) is 0 Å². The molecule has 1 saturated heterocycles. The molecule has 1 aromatic heterocycles. The molecule has 0 radical (unpaired) electrons. The number of aromatic nitrogens is 2. The molecule has 4 nitrogen and oxygen atoms in total. The van der Waals surface area contributed by atoms with Crippen molar-refractivity contribution >= 4 is 5.91 Å². The van der Waals surface area contributed by atoms with Crippen LogP contribution in [0.1, 0.15) is 12.8 Å². The van der Waals surface area contributed by atoms with E-state index < -0.39 is 0 Å². The molecule has 1 unspecified atom stereocenters. The van der Waals surface area contributed by atoms with E-state index in [0.717, 1.165) is 25.9 Å². The second-order valence-corrected chi connectivity index (χ2v) is 4.21. The lowest BCUT2D eigenvalue weighted by Gasteiger charge is -2.31. The van der Waals surface area contributed by atoms with Gasteiger partial charge in [-0.1, -0.05) is 6.08 Å². The van der Waals surface area contributed by atoms with Crippen LogP contribution in [0.5, 0.6) is 0 Å². The molecule has 0 spiro atoms. The van der Waals surface area contributed by atoms with Crippen LogP contribution in [0.3, 0.4) is 0 Å². The third-order valence-corrected chi connectivity index (χ3v) is 3.02. The second kappa shape index (κ2) is 4.96. The topological polar surface area (TPSA) is 38.1 Å². The van der Waals surface area contributed by atoms with Crippen molar-refractivity contribution in [1.29, 1.82) is 0 Å². The fourth-order valence-corrected chi connectivity index (χ4v) is 2.07. The van der Waals surface area contributed by atoms with Gasteiger partial charge in [-0.3, -0.25) is 4.79 Å². The minimum Gasteiger partial charge on any atom is -0.341 e. The summed E-state index contributed by atoms with van der Waals surface area (Å²) in [6.45, 7) is 5.88. The van der Waals surface area contributed by atoms with E-state index in [1.807, 2.05) is 17.2 Å². The molecule has 4 heteroatoms. The highest BCUT2D eigenvalue weighted by molar-refractivity contribution is 5.76. The van der Waals surface area contributed by atoms with Crippen LogP contribution in [0, 0.1) is 5.92 Å². The predicted octanol–water partition coefficient (Wildman–Crippen LogP) is 1.31. The minimum absolute atomic E-state index is 0.171. The van der Waals surface area contributed by atoms with Crippen LogP contribution in [0.25, 0.3) is 0 Å². The van der Waals surface area contributed by atoms with Gasteiger partial charge in [0.15, 0.2) is 0 Å². The van der Waals surface area contributed by atoms with E-state index in [2.05, 4.69) is 11.6 Å². The first-order valence-corrected chi connectivity index (χ1v) is 5.65. The number of likely N-dealkylation sites (tertiary alicyclic amines) is 1. The van der Waals surface area contributed by atoms with Gasteiger partial charge in [-0.15, -0.1) is 6.58 Å². The number of carbonyl (C=O) groups excluding carboxylic acids is 1. The van der Waals surface area contributed by atoms with Gasteiger partial charge in [0.25, 0.3) is 0 Å². The highest BCUT2D eigenvalue weighted by Gasteiger charge is 2.21. The molecule has 2 rings (SSSR count). The summed E-state index contributed by atoms with van der Waals surface area (Å²) in [4.78, 5) is 17.8. The Morgan fingerprint density at radius 1 is 1.62 bits per heavy atom. The van der Waals surface area contributed by atoms with E-state index in [-0.39, 0.29) is 5.91 Å². The molecule has 0 aliphatic carbocycles. The molecule has 86 valence electrons. The number of carbonyl (C=O) groups is 1. The smallest absolute Gasteiger partial charge is 0.242 e. The fraction of sp³-hybridized carbons (Fsp3) is 0.500. The fourth-order valence-electron chi connectivity index (χ4n) is 2.07. The summed E-state index contributed by atoms with van der Waals surface area (Å²) in [5.41, 5.74) is 0. The van der Waals surface area contributed by atoms with Gasteiger partial charge >= 0.3 is 0 Å². The molecule has 16 heavy (non-hydrogen) atoms. The van der Waals surface area contributed by atoms with Crippen LogP contribution in [0.15, 0.2) is 31.4 Å². The van der Waals surface area contributed by atoms with E-state index in [4.69, 9.17) is 0 Å². The van der Waals surface area contributed by atoms with Crippen molar-refractivity contribution < 1.29 is 4.79 Å². The molecule has 0 bridgehead atoms. The summed E-state index contributed by atoms with van der Waals surface area (Å²) in [5.74, 6) is 0.630. The Labute approximate surface area is 95.6 Å². The molecular formula is C12H17N3O. The van der Waals surface area contributed by atoms with Crippen molar-refractivity contribution in [3.63, 3.8) is 0 Å². The van der Waals surface area contributed by atoms with E-state index in [1.54, 1.807) is 17.1 Å². The Morgan fingerprint density at radius 2 is 2.50 bits per heavy atom. The first-order chi connectivity index (χ1) is 7.79. The first kappa shape index (κ1) is 10.9. The number of amides is 1. The largest absolute Gasteiger partial charge is 0.341 e. The molecule has 0 aromatic carbocycles. The predicted molar refractivity (Wildman–Crippen MR) is 61.7 cm³/mol. The van der Waals surface area contributed by atoms with Crippen LogP contribution in [-0.2, 0) is 11.3 Å². The average molecular weight is 219 g/mol. The van der Waals surface area contributed by atoms with Crippen LogP contribution in [0.4, 0.5) is 0 Å². The molecule has 2 heterocycles. The lowest BCUT2D eigenvalue weighted by Crippen LogP contribution is -2.40. The zero-order chi connectivity index (χ0) is 11.4. The quantitative estimate of drug-likeness (QED) is 0.719. The molecule has 1 aliphatic heterocycles. The third-order valence-electron chi connectivity index (χ3n) is 3.02. The highest BCUT2D eigenvalue weighted by Crippen LogP contribution is 2.17. The van der Waals surface area contributed by atoms with Gasteiger partial charge in [-0.2, -0.15) is 0 Å². The van der Waals surface area contributed by atoms with Crippen molar-refractivity contribution in [3.05, 3.63) is 31.4 Å². The number of piperidine rings is 1. The summed E-state index contributed by atoms with van der Waals surface area (Å²) < 4.78 is 1.81. The SMILES string of the molecule is C=CC1CCCN(C(=O)Cn2ccnc2)C1. The van der Waals surface area contributed by atoms with Crippen LogP contribution < -0.4 is 0 Å². The van der Waals surface area contributed by atoms with Crippen LogP contribution in [0.2, 0.25) is 0 Å². The molecule has 0 N–H and O–H groups in total. The molecular weight excluding hydrogens is 202 g/mol. The maximum atomic E-state index is 12.0. The molecule has 1 amide bonds. The number of imidazole rings is 1. The van der Waals surface area contributed by atoms with Gasteiger partial charge in [0.2, 0.25) is 5.91 Å².